The molecule has 0 aromatic heterocycles. The highest BCUT2D eigenvalue weighted by Gasteiger charge is 1.97. The predicted octanol–water partition coefficient (Wildman–Crippen LogP) is 4.43. The second kappa shape index (κ2) is 7.62. The zero-order valence-electron chi connectivity index (χ0n) is 11.5. The average Bonchev–Trinajstić information content (AvgIpc) is 2.49. The standard InChI is InChI=1S/C17H17NOS/c1-14-3-9-17(10-4-14)20-12-2-11-19-16-7-5-15(13-18)6-8-16/h3-10H,2,11-12H2,1H3. The van der Waals surface area contributed by atoms with Crippen molar-refractivity contribution < 1.29 is 4.74 Å². The summed E-state index contributed by atoms with van der Waals surface area (Å²) in [6.45, 7) is 2.80. The van der Waals surface area contributed by atoms with Crippen LogP contribution in [0.15, 0.2) is 53.4 Å². The van der Waals surface area contributed by atoms with Crippen LogP contribution in [0.4, 0.5) is 0 Å². The molecule has 0 aliphatic rings. The largest absolute Gasteiger partial charge is 0.494 e. The second-order valence-corrected chi connectivity index (χ2v) is 5.67. The average molecular weight is 283 g/mol. The fourth-order valence-electron chi connectivity index (χ4n) is 1.70. The van der Waals surface area contributed by atoms with Gasteiger partial charge in [0.25, 0.3) is 0 Å². The number of aryl methyl sites for hydroxylation is 1. The van der Waals surface area contributed by atoms with Crippen molar-refractivity contribution in [2.45, 2.75) is 18.2 Å². The minimum atomic E-state index is 0.660. The van der Waals surface area contributed by atoms with E-state index in [9.17, 15) is 0 Å². The van der Waals surface area contributed by atoms with Crippen LogP contribution in [0.2, 0.25) is 0 Å². The molecule has 0 amide bonds. The Bertz CT molecular complexity index is 569. The molecule has 0 N–H and O–H groups in total. The topological polar surface area (TPSA) is 33.0 Å². The van der Waals surface area contributed by atoms with Crippen LogP contribution in [0, 0.1) is 18.3 Å². The Hall–Kier alpha value is -1.92. The van der Waals surface area contributed by atoms with Gasteiger partial charge in [-0.3, -0.25) is 0 Å². The van der Waals surface area contributed by atoms with Gasteiger partial charge in [0.2, 0.25) is 0 Å². The highest BCUT2D eigenvalue weighted by atomic mass is 32.2. The van der Waals surface area contributed by atoms with E-state index in [-0.39, 0.29) is 0 Å². The van der Waals surface area contributed by atoms with E-state index in [1.807, 2.05) is 23.9 Å². The van der Waals surface area contributed by atoms with E-state index < -0.39 is 0 Å². The fraction of sp³-hybridized carbons (Fsp3) is 0.235. The smallest absolute Gasteiger partial charge is 0.119 e. The molecular weight excluding hydrogens is 266 g/mol. The van der Waals surface area contributed by atoms with E-state index in [1.165, 1.54) is 10.5 Å². The molecule has 2 rings (SSSR count). The Morgan fingerprint density at radius 2 is 1.75 bits per heavy atom. The van der Waals surface area contributed by atoms with Gasteiger partial charge in [-0.25, -0.2) is 0 Å². The molecule has 0 atom stereocenters. The van der Waals surface area contributed by atoms with Gasteiger partial charge in [0.1, 0.15) is 5.75 Å². The van der Waals surface area contributed by atoms with Gasteiger partial charge in [-0.1, -0.05) is 17.7 Å². The number of rotatable bonds is 6. The first kappa shape index (κ1) is 14.5. The van der Waals surface area contributed by atoms with Crippen LogP contribution >= 0.6 is 11.8 Å². The molecule has 0 bridgehead atoms. The number of nitriles is 1. The quantitative estimate of drug-likeness (QED) is 0.581. The maximum absolute atomic E-state index is 8.71. The van der Waals surface area contributed by atoms with Crippen molar-refractivity contribution in [3.8, 4) is 11.8 Å². The monoisotopic (exact) mass is 283 g/mol. The lowest BCUT2D eigenvalue weighted by Gasteiger charge is -2.06. The van der Waals surface area contributed by atoms with Crippen LogP contribution in [0.5, 0.6) is 5.75 Å². The van der Waals surface area contributed by atoms with Crippen molar-refractivity contribution in [2.24, 2.45) is 0 Å². The second-order valence-electron chi connectivity index (χ2n) is 4.50. The van der Waals surface area contributed by atoms with Gasteiger partial charge in [0.05, 0.1) is 18.2 Å². The Kier molecular flexibility index (Phi) is 5.52. The molecule has 0 heterocycles. The van der Waals surface area contributed by atoms with Crippen LogP contribution < -0.4 is 4.74 Å². The SMILES string of the molecule is Cc1ccc(SCCCOc2ccc(C#N)cc2)cc1. The van der Waals surface area contributed by atoms with Crippen LogP contribution in [0.25, 0.3) is 0 Å². The summed E-state index contributed by atoms with van der Waals surface area (Å²) in [6, 6.07) is 17.9. The van der Waals surface area contributed by atoms with E-state index in [2.05, 4.69) is 37.3 Å². The number of benzene rings is 2. The minimum Gasteiger partial charge on any atom is -0.494 e. The molecule has 2 aromatic carbocycles. The van der Waals surface area contributed by atoms with Crippen LogP contribution in [0.3, 0.4) is 0 Å². The Labute approximate surface area is 124 Å². The maximum Gasteiger partial charge on any atom is 0.119 e. The molecule has 0 aliphatic carbocycles. The molecule has 0 spiro atoms. The lowest BCUT2D eigenvalue weighted by atomic mass is 10.2. The molecule has 0 unspecified atom stereocenters. The van der Waals surface area contributed by atoms with Gasteiger partial charge in [-0.2, -0.15) is 5.26 Å². The van der Waals surface area contributed by atoms with Crippen molar-refractivity contribution in [2.75, 3.05) is 12.4 Å². The third-order valence-corrected chi connectivity index (χ3v) is 3.93. The van der Waals surface area contributed by atoms with E-state index in [0.717, 1.165) is 17.9 Å². The maximum atomic E-state index is 8.71. The highest BCUT2D eigenvalue weighted by Crippen LogP contribution is 2.19. The van der Waals surface area contributed by atoms with Gasteiger partial charge in [0, 0.05) is 10.6 Å². The van der Waals surface area contributed by atoms with Crippen LogP contribution in [0.1, 0.15) is 17.5 Å². The minimum absolute atomic E-state index is 0.660. The van der Waals surface area contributed by atoms with Crippen molar-refractivity contribution in [3.63, 3.8) is 0 Å². The van der Waals surface area contributed by atoms with E-state index >= 15 is 0 Å². The molecule has 3 heteroatoms. The molecule has 0 aliphatic heterocycles. The normalized spacial score (nSPS) is 10.0. The third kappa shape index (κ3) is 4.64. The van der Waals surface area contributed by atoms with Gasteiger partial charge in [-0.15, -0.1) is 11.8 Å². The zero-order chi connectivity index (χ0) is 14.2. The van der Waals surface area contributed by atoms with E-state index in [0.29, 0.717) is 12.2 Å². The summed E-state index contributed by atoms with van der Waals surface area (Å²) in [5.74, 6) is 1.86. The number of nitrogens with zero attached hydrogens (tertiary/aromatic N) is 1. The Morgan fingerprint density at radius 1 is 1.05 bits per heavy atom. The summed E-state index contributed by atoms with van der Waals surface area (Å²) in [4.78, 5) is 1.30. The summed E-state index contributed by atoms with van der Waals surface area (Å²) in [7, 11) is 0. The zero-order valence-corrected chi connectivity index (χ0v) is 12.3. The van der Waals surface area contributed by atoms with Crippen molar-refractivity contribution in [1.29, 1.82) is 5.26 Å². The Morgan fingerprint density at radius 3 is 2.40 bits per heavy atom. The summed E-state index contributed by atoms with van der Waals surface area (Å²) >= 11 is 1.85. The Balaban J connectivity index is 1.66. The molecule has 0 saturated heterocycles. The van der Waals surface area contributed by atoms with E-state index in [4.69, 9.17) is 10.00 Å². The molecule has 2 nitrogen and oxygen atoms in total. The van der Waals surface area contributed by atoms with Gasteiger partial charge < -0.3 is 4.74 Å². The molecule has 0 fully saturated rings. The van der Waals surface area contributed by atoms with Gasteiger partial charge >= 0.3 is 0 Å². The molecule has 102 valence electrons. The van der Waals surface area contributed by atoms with Crippen LogP contribution in [-0.2, 0) is 0 Å². The van der Waals surface area contributed by atoms with Crippen molar-refractivity contribution in [3.05, 3.63) is 59.7 Å². The van der Waals surface area contributed by atoms with E-state index in [1.54, 1.807) is 12.1 Å². The van der Waals surface area contributed by atoms with Gasteiger partial charge in [0.15, 0.2) is 0 Å². The number of hydrogen-bond donors (Lipinski definition) is 0. The summed E-state index contributed by atoms with van der Waals surface area (Å²) in [5.41, 5.74) is 1.95. The lowest BCUT2D eigenvalue weighted by Crippen LogP contribution is -1.98. The van der Waals surface area contributed by atoms with Crippen molar-refractivity contribution in [1.82, 2.24) is 0 Å². The summed E-state index contributed by atoms with van der Waals surface area (Å²) in [6.07, 6.45) is 0.999. The van der Waals surface area contributed by atoms with Crippen LogP contribution in [-0.4, -0.2) is 12.4 Å². The molecule has 2 aromatic rings. The molecule has 20 heavy (non-hydrogen) atoms. The summed E-state index contributed by atoms with van der Waals surface area (Å²) < 4.78 is 5.64. The first-order valence-corrected chi connectivity index (χ1v) is 7.59. The number of ether oxygens (including phenoxy) is 1. The molecule has 0 saturated carbocycles. The summed E-state index contributed by atoms with van der Waals surface area (Å²) in [5, 5.41) is 8.71. The van der Waals surface area contributed by atoms with Gasteiger partial charge in [-0.05, 0) is 49.7 Å². The fourth-order valence-corrected chi connectivity index (χ4v) is 2.53. The third-order valence-electron chi connectivity index (χ3n) is 2.83. The first-order valence-electron chi connectivity index (χ1n) is 6.60. The predicted molar refractivity (Wildman–Crippen MR) is 83.2 cm³/mol. The first-order chi connectivity index (χ1) is 9.78. The number of thioether (sulfide) groups is 1. The highest BCUT2D eigenvalue weighted by molar-refractivity contribution is 7.99. The number of hydrogen-bond acceptors (Lipinski definition) is 3. The lowest BCUT2D eigenvalue weighted by molar-refractivity contribution is 0.318. The molecular formula is C17H17NOS. The molecule has 0 radical (unpaired) electrons. The van der Waals surface area contributed by atoms with Crippen molar-refractivity contribution >= 4 is 11.8 Å².